The highest BCUT2D eigenvalue weighted by atomic mass is 16.5. The number of aromatic nitrogens is 5. The lowest BCUT2D eigenvalue weighted by molar-refractivity contribution is -0.00209. The van der Waals surface area contributed by atoms with E-state index in [9.17, 15) is 9.90 Å². The number of allylic oxidation sites excluding steroid dienone is 1. The van der Waals surface area contributed by atoms with Crippen molar-refractivity contribution < 1.29 is 9.84 Å². The number of anilines is 2. The second kappa shape index (κ2) is 8.91. The first kappa shape index (κ1) is 23.5. The van der Waals surface area contributed by atoms with E-state index in [1.807, 2.05) is 6.07 Å². The second-order valence-electron chi connectivity index (χ2n) is 9.96. The van der Waals surface area contributed by atoms with Crippen LogP contribution in [-0.2, 0) is 23.4 Å². The van der Waals surface area contributed by atoms with Crippen molar-refractivity contribution in [3.63, 3.8) is 0 Å². The number of fused-ring (bicyclic) bond motifs is 4. The van der Waals surface area contributed by atoms with Gasteiger partial charge >= 0.3 is 0 Å². The van der Waals surface area contributed by atoms with Gasteiger partial charge in [-0.25, -0.2) is 19.3 Å². The number of aliphatic hydroxyl groups is 1. The Morgan fingerprint density at radius 2 is 2.14 bits per heavy atom. The Balaban J connectivity index is 1.40. The molecule has 4 aromatic rings. The third kappa shape index (κ3) is 4.12. The van der Waals surface area contributed by atoms with Gasteiger partial charge in [0.05, 0.1) is 31.5 Å². The Morgan fingerprint density at radius 3 is 2.95 bits per heavy atom. The van der Waals surface area contributed by atoms with Crippen molar-refractivity contribution in [1.82, 2.24) is 29.2 Å². The van der Waals surface area contributed by atoms with Gasteiger partial charge < -0.3 is 15.2 Å². The number of ether oxygens (including phenoxy) is 1. The van der Waals surface area contributed by atoms with Gasteiger partial charge in [-0.1, -0.05) is 18.2 Å². The zero-order chi connectivity index (χ0) is 25.7. The Morgan fingerprint density at radius 1 is 1.27 bits per heavy atom. The summed E-state index contributed by atoms with van der Waals surface area (Å²) in [5, 5.41) is 14.2. The number of pyridine rings is 1. The number of morpholine rings is 1. The standard InChI is InChI=1S/C27H29N7O3/c1-4-10-33-25(35)20-14-28-26(31-24(20)34(33)23-7-5-6-22(30-23)27(2,3)36)29-18-8-9-19-17(13-18)15-32-11-12-37-16-21(19)32/h4-9,13-14,21,36H,1,10-12,15-16H2,2-3H3,(H,28,29,31). The van der Waals surface area contributed by atoms with Crippen molar-refractivity contribution in [3.05, 3.63) is 82.4 Å². The smallest absolute Gasteiger partial charge is 0.278 e. The topological polar surface area (TPSA) is 110 Å². The Bertz CT molecular complexity index is 1570. The van der Waals surface area contributed by atoms with Crippen molar-refractivity contribution in [2.45, 2.75) is 38.6 Å². The zero-order valence-corrected chi connectivity index (χ0v) is 20.9. The quantitative estimate of drug-likeness (QED) is 0.390. The minimum atomic E-state index is -1.14. The second-order valence-corrected chi connectivity index (χ2v) is 9.96. The molecule has 1 unspecified atom stereocenters. The molecular weight excluding hydrogens is 470 g/mol. The number of benzene rings is 1. The first-order valence-corrected chi connectivity index (χ1v) is 12.3. The molecule has 3 aromatic heterocycles. The summed E-state index contributed by atoms with van der Waals surface area (Å²) in [5.74, 6) is 0.837. The maximum absolute atomic E-state index is 13.2. The van der Waals surface area contributed by atoms with Crippen LogP contribution in [0.1, 0.15) is 36.7 Å². The maximum Gasteiger partial charge on any atom is 0.278 e. The van der Waals surface area contributed by atoms with E-state index in [1.54, 1.807) is 42.8 Å². The number of rotatable bonds is 6. The highest BCUT2D eigenvalue weighted by Gasteiger charge is 2.32. The molecule has 2 aliphatic heterocycles. The largest absolute Gasteiger partial charge is 0.384 e. The van der Waals surface area contributed by atoms with Crippen molar-refractivity contribution in [2.24, 2.45) is 0 Å². The van der Waals surface area contributed by atoms with Crippen LogP contribution in [0.25, 0.3) is 16.9 Å². The van der Waals surface area contributed by atoms with Crippen LogP contribution in [0.3, 0.4) is 0 Å². The molecule has 10 heteroatoms. The highest BCUT2D eigenvalue weighted by molar-refractivity contribution is 5.77. The molecule has 1 atom stereocenters. The SMILES string of the molecule is C=CCn1c(=O)c2cnc(Nc3ccc4c(c3)CN3CCOCC43)nc2n1-c1cccc(C(C)(C)O)n1. The Labute approximate surface area is 213 Å². The van der Waals surface area contributed by atoms with Gasteiger partial charge in [-0.2, -0.15) is 4.98 Å². The van der Waals surface area contributed by atoms with E-state index in [0.29, 0.717) is 34.5 Å². The van der Waals surface area contributed by atoms with E-state index in [0.717, 1.165) is 32.0 Å². The van der Waals surface area contributed by atoms with Crippen LogP contribution >= 0.6 is 0 Å². The van der Waals surface area contributed by atoms with Gasteiger partial charge in [0.25, 0.3) is 5.56 Å². The lowest BCUT2D eigenvalue weighted by Crippen LogP contribution is -2.34. The molecule has 0 radical (unpaired) electrons. The summed E-state index contributed by atoms with van der Waals surface area (Å²) < 4.78 is 8.85. The van der Waals surface area contributed by atoms with Crippen LogP contribution in [0.2, 0.25) is 0 Å². The van der Waals surface area contributed by atoms with Gasteiger partial charge in [0.15, 0.2) is 11.5 Å². The van der Waals surface area contributed by atoms with Crippen LogP contribution in [0.4, 0.5) is 11.6 Å². The van der Waals surface area contributed by atoms with Crippen molar-refractivity contribution >= 4 is 22.7 Å². The molecule has 1 saturated heterocycles. The molecule has 0 aliphatic carbocycles. The summed E-state index contributed by atoms with van der Waals surface area (Å²) >= 11 is 0. The molecule has 2 N–H and O–H groups in total. The molecule has 10 nitrogen and oxygen atoms in total. The molecule has 37 heavy (non-hydrogen) atoms. The van der Waals surface area contributed by atoms with Crippen LogP contribution in [0, 0.1) is 0 Å². The predicted octanol–water partition coefficient (Wildman–Crippen LogP) is 3.02. The maximum atomic E-state index is 13.2. The van der Waals surface area contributed by atoms with Crippen LogP contribution in [0.5, 0.6) is 0 Å². The summed E-state index contributed by atoms with van der Waals surface area (Å²) in [6, 6.07) is 11.9. The van der Waals surface area contributed by atoms with Gasteiger partial charge in [0.2, 0.25) is 5.95 Å². The minimum absolute atomic E-state index is 0.242. The van der Waals surface area contributed by atoms with E-state index in [1.165, 1.54) is 22.0 Å². The van der Waals surface area contributed by atoms with Crippen molar-refractivity contribution in [1.29, 1.82) is 0 Å². The third-order valence-electron chi connectivity index (χ3n) is 6.93. The van der Waals surface area contributed by atoms with Crippen LogP contribution in [-0.4, -0.2) is 54.1 Å². The van der Waals surface area contributed by atoms with E-state index < -0.39 is 5.60 Å². The van der Waals surface area contributed by atoms with E-state index in [-0.39, 0.29) is 12.1 Å². The monoisotopic (exact) mass is 499 g/mol. The molecule has 0 spiro atoms. The number of nitrogens with zero attached hydrogens (tertiary/aromatic N) is 6. The van der Waals surface area contributed by atoms with Crippen LogP contribution < -0.4 is 10.9 Å². The van der Waals surface area contributed by atoms with Crippen LogP contribution in [0.15, 0.2) is 60.0 Å². The summed E-state index contributed by atoms with van der Waals surface area (Å²) in [6.45, 7) is 10.7. The van der Waals surface area contributed by atoms with Crippen molar-refractivity contribution in [2.75, 3.05) is 25.1 Å². The Kier molecular flexibility index (Phi) is 5.67. The number of hydrogen-bond acceptors (Lipinski definition) is 8. The minimum Gasteiger partial charge on any atom is -0.384 e. The molecule has 1 aromatic carbocycles. The normalized spacial score (nSPS) is 17.5. The zero-order valence-electron chi connectivity index (χ0n) is 20.9. The van der Waals surface area contributed by atoms with E-state index in [2.05, 4.69) is 38.9 Å². The molecule has 0 bridgehead atoms. The molecular formula is C27H29N7O3. The molecule has 5 heterocycles. The molecule has 2 aliphatic rings. The molecule has 0 saturated carbocycles. The summed E-state index contributed by atoms with van der Waals surface area (Å²) in [6.07, 6.45) is 3.18. The average Bonchev–Trinajstić information content (AvgIpc) is 3.38. The van der Waals surface area contributed by atoms with E-state index in [4.69, 9.17) is 9.72 Å². The first-order valence-electron chi connectivity index (χ1n) is 12.3. The summed E-state index contributed by atoms with van der Waals surface area (Å²) in [5.41, 5.74) is 2.96. The fourth-order valence-corrected chi connectivity index (χ4v) is 5.10. The average molecular weight is 500 g/mol. The van der Waals surface area contributed by atoms with Gasteiger partial charge in [-0.3, -0.25) is 9.69 Å². The van der Waals surface area contributed by atoms with Gasteiger partial charge in [0, 0.05) is 25.0 Å². The van der Waals surface area contributed by atoms with Gasteiger partial charge in [-0.15, -0.1) is 6.58 Å². The summed E-state index contributed by atoms with van der Waals surface area (Å²) in [7, 11) is 0. The molecule has 0 amide bonds. The summed E-state index contributed by atoms with van der Waals surface area (Å²) in [4.78, 5) is 29.4. The first-order chi connectivity index (χ1) is 17.8. The lowest BCUT2D eigenvalue weighted by atomic mass is 10.0. The van der Waals surface area contributed by atoms with Gasteiger partial charge in [-0.05, 0) is 49.2 Å². The molecule has 190 valence electrons. The van der Waals surface area contributed by atoms with Gasteiger partial charge in [0.1, 0.15) is 11.0 Å². The third-order valence-corrected chi connectivity index (χ3v) is 6.93. The highest BCUT2D eigenvalue weighted by Crippen LogP contribution is 2.37. The fourth-order valence-electron chi connectivity index (χ4n) is 5.10. The molecule has 6 rings (SSSR count). The fraction of sp³-hybridized carbons (Fsp3) is 0.333. The lowest BCUT2D eigenvalue weighted by Gasteiger charge is -2.29. The predicted molar refractivity (Wildman–Crippen MR) is 140 cm³/mol. The Hall–Kier alpha value is -3.86. The van der Waals surface area contributed by atoms with Crippen molar-refractivity contribution in [3.8, 4) is 5.82 Å². The number of nitrogens with one attached hydrogen (secondary N) is 1. The number of hydrogen-bond donors (Lipinski definition) is 2. The molecule has 1 fully saturated rings. The van der Waals surface area contributed by atoms with E-state index >= 15 is 0 Å².